The topological polar surface area (TPSA) is 69.0 Å². The minimum Gasteiger partial charge on any atom is -0.439 e. The number of aromatic nitrogens is 2. The molecular weight excluding hydrogens is 454 g/mol. The molecule has 0 fully saturated rings. The van der Waals surface area contributed by atoms with Crippen LogP contribution in [0.15, 0.2) is 54.6 Å². The third kappa shape index (κ3) is 7.55. The molecule has 2 aromatic carbocycles. The van der Waals surface area contributed by atoms with Crippen LogP contribution >= 0.6 is 11.6 Å². The Morgan fingerprint density at radius 3 is 2.44 bits per heavy atom. The molecule has 0 spiro atoms. The van der Waals surface area contributed by atoms with Gasteiger partial charge in [0, 0.05) is 44.4 Å². The summed E-state index contributed by atoms with van der Waals surface area (Å²) >= 11 is 6.05. The molecule has 1 unspecified atom stereocenters. The fourth-order valence-electron chi connectivity index (χ4n) is 3.60. The van der Waals surface area contributed by atoms with Gasteiger partial charge in [0.15, 0.2) is 0 Å². The van der Waals surface area contributed by atoms with Crippen LogP contribution in [0.5, 0.6) is 11.6 Å². The van der Waals surface area contributed by atoms with Crippen LogP contribution in [0.3, 0.4) is 0 Å². The van der Waals surface area contributed by atoms with E-state index in [2.05, 4.69) is 4.90 Å². The summed E-state index contributed by atoms with van der Waals surface area (Å²) in [5.74, 6) is 1.30. The zero-order chi connectivity index (χ0) is 24.5. The number of aliphatic hydroxyl groups excluding tert-OH is 1. The lowest BCUT2D eigenvalue weighted by Crippen LogP contribution is -2.37. The first-order valence-corrected chi connectivity index (χ1v) is 11.8. The van der Waals surface area contributed by atoms with Gasteiger partial charge in [-0.25, -0.2) is 4.68 Å². The zero-order valence-corrected chi connectivity index (χ0v) is 21.0. The van der Waals surface area contributed by atoms with E-state index in [4.69, 9.17) is 30.9 Å². The van der Waals surface area contributed by atoms with Gasteiger partial charge in [0.2, 0.25) is 5.88 Å². The van der Waals surface area contributed by atoms with Crippen molar-refractivity contribution >= 4 is 11.6 Å². The van der Waals surface area contributed by atoms with E-state index in [-0.39, 0.29) is 12.7 Å². The van der Waals surface area contributed by atoms with Gasteiger partial charge in [0.25, 0.3) is 0 Å². The Labute approximate surface area is 206 Å². The van der Waals surface area contributed by atoms with Crippen LogP contribution in [0.25, 0.3) is 11.3 Å². The van der Waals surface area contributed by atoms with Crippen molar-refractivity contribution in [1.82, 2.24) is 14.7 Å². The van der Waals surface area contributed by atoms with Crippen LogP contribution in [-0.2, 0) is 23.1 Å². The second-order valence-corrected chi connectivity index (χ2v) is 8.88. The molecule has 3 rings (SSSR count). The van der Waals surface area contributed by atoms with E-state index < -0.39 is 6.10 Å². The Kier molecular flexibility index (Phi) is 9.92. The smallest absolute Gasteiger partial charge is 0.222 e. The molecular formula is C26H34ClN3O4. The van der Waals surface area contributed by atoms with Gasteiger partial charge in [-0.3, -0.25) is 4.90 Å². The minimum absolute atomic E-state index is 0.0597. The number of hydrogen-bond donors (Lipinski definition) is 1. The third-order valence-corrected chi connectivity index (χ3v) is 5.50. The fourth-order valence-corrected chi connectivity index (χ4v) is 3.72. The van der Waals surface area contributed by atoms with Crippen LogP contribution in [0, 0.1) is 0 Å². The van der Waals surface area contributed by atoms with E-state index >= 15 is 0 Å². The van der Waals surface area contributed by atoms with Crippen LogP contribution in [0.4, 0.5) is 0 Å². The maximum atomic E-state index is 10.6. The zero-order valence-electron chi connectivity index (χ0n) is 20.3. The van der Waals surface area contributed by atoms with Crippen LogP contribution in [0.1, 0.15) is 19.4 Å². The van der Waals surface area contributed by atoms with Crippen molar-refractivity contribution in [2.75, 3.05) is 33.4 Å². The molecule has 1 N–H and O–H groups in total. The first-order chi connectivity index (χ1) is 16.4. The molecule has 7 nitrogen and oxygen atoms in total. The first kappa shape index (κ1) is 26.2. The van der Waals surface area contributed by atoms with Gasteiger partial charge < -0.3 is 19.3 Å². The molecule has 0 saturated carbocycles. The number of hydrogen-bond acceptors (Lipinski definition) is 6. The number of aliphatic hydroxyl groups is 1. The molecule has 8 heteroatoms. The lowest BCUT2D eigenvalue weighted by Gasteiger charge is -2.25. The second kappa shape index (κ2) is 12.9. The molecule has 3 aromatic rings. The van der Waals surface area contributed by atoms with Crippen LogP contribution in [-0.4, -0.2) is 65.4 Å². The largest absolute Gasteiger partial charge is 0.439 e. The standard InChI is InChI=1S/C26H34ClN3O4/c1-19(2)33-18-22(31)16-30(14-15-32-4)17-24-25(20-8-6-5-7-9-20)28-29(3)26(24)34-23-12-10-21(27)11-13-23/h5-13,19,22,31H,14-18H2,1-4H3. The number of ether oxygens (including phenoxy) is 3. The van der Waals surface area contributed by atoms with Crippen molar-refractivity contribution in [3.8, 4) is 22.9 Å². The predicted molar refractivity (Wildman–Crippen MR) is 134 cm³/mol. The Morgan fingerprint density at radius 2 is 1.79 bits per heavy atom. The number of aryl methyl sites for hydroxylation is 1. The third-order valence-electron chi connectivity index (χ3n) is 5.25. The summed E-state index contributed by atoms with van der Waals surface area (Å²) in [5.41, 5.74) is 2.76. The highest BCUT2D eigenvalue weighted by Gasteiger charge is 2.23. The monoisotopic (exact) mass is 487 g/mol. The van der Waals surface area contributed by atoms with Gasteiger partial charge >= 0.3 is 0 Å². The summed E-state index contributed by atoms with van der Waals surface area (Å²) < 4.78 is 19.0. The summed E-state index contributed by atoms with van der Waals surface area (Å²) in [4.78, 5) is 2.13. The van der Waals surface area contributed by atoms with E-state index in [1.807, 2.05) is 63.4 Å². The number of benzene rings is 2. The molecule has 0 amide bonds. The number of methoxy groups -OCH3 is 1. The van der Waals surface area contributed by atoms with Gasteiger partial charge in [-0.15, -0.1) is 0 Å². The fraction of sp³-hybridized carbons (Fsp3) is 0.423. The van der Waals surface area contributed by atoms with Gasteiger partial charge in [-0.05, 0) is 38.1 Å². The summed E-state index contributed by atoms with van der Waals surface area (Å²) in [5, 5.41) is 16.0. The maximum absolute atomic E-state index is 10.6. The van der Waals surface area contributed by atoms with Gasteiger partial charge in [0.1, 0.15) is 11.4 Å². The van der Waals surface area contributed by atoms with E-state index in [0.29, 0.717) is 42.9 Å². The predicted octanol–water partition coefficient (Wildman–Crippen LogP) is 4.77. The molecule has 184 valence electrons. The van der Waals surface area contributed by atoms with E-state index in [1.54, 1.807) is 23.9 Å². The Morgan fingerprint density at radius 1 is 1.09 bits per heavy atom. The number of nitrogens with zero attached hydrogens (tertiary/aromatic N) is 3. The van der Waals surface area contributed by atoms with Crippen molar-refractivity contribution in [1.29, 1.82) is 0 Å². The van der Waals surface area contributed by atoms with Crippen LogP contribution in [0.2, 0.25) is 5.02 Å². The maximum Gasteiger partial charge on any atom is 0.222 e. The van der Waals surface area contributed by atoms with Crippen molar-refractivity contribution < 1.29 is 19.3 Å². The molecule has 0 aliphatic carbocycles. The molecule has 0 saturated heterocycles. The normalized spacial score (nSPS) is 12.5. The molecule has 0 bridgehead atoms. The van der Waals surface area contributed by atoms with Gasteiger partial charge in [-0.2, -0.15) is 5.10 Å². The molecule has 1 aromatic heterocycles. The number of halogens is 1. The summed E-state index contributed by atoms with van der Waals surface area (Å²) in [6.07, 6.45) is -0.568. The lowest BCUT2D eigenvalue weighted by atomic mass is 10.1. The number of rotatable bonds is 13. The van der Waals surface area contributed by atoms with Crippen LogP contribution < -0.4 is 4.74 Å². The summed E-state index contributed by atoms with van der Waals surface area (Å²) in [7, 11) is 3.54. The molecule has 0 aliphatic rings. The molecule has 1 atom stereocenters. The highest BCUT2D eigenvalue weighted by atomic mass is 35.5. The highest BCUT2D eigenvalue weighted by molar-refractivity contribution is 6.30. The molecule has 34 heavy (non-hydrogen) atoms. The Hall–Kier alpha value is -2.42. The SMILES string of the molecule is COCCN(Cc1c(-c2ccccc2)nn(C)c1Oc1ccc(Cl)cc1)CC(O)COC(C)C. The lowest BCUT2D eigenvalue weighted by molar-refractivity contribution is -0.0121. The molecule has 0 aliphatic heterocycles. The molecule has 1 heterocycles. The van der Waals surface area contributed by atoms with Crippen molar-refractivity contribution in [2.24, 2.45) is 7.05 Å². The quantitative estimate of drug-likeness (QED) is 0.374. The Balaban J connectivity index is 1.93. The van der Waals surface area contributed by atoms with Gasteiger partial charge in [-0.1, -0.05) is 41.9 Å². The highest BCUT2D eigenvalue weighted by Crippen LogP contribution is 2.34. The van der Waals surface area contributed by atoms with Crippen molar-refractivity contribution in [3.63, 3.8) is 0 Å². The van der Waals surface area contributed by atoms with Crippen molar-refractivity contribution in [2.45, 2.75) is 32.6 Å². The average Bonchev–Trinajstić information content (AvgIpc) is 3.13. The van der Waals surface area contributed by atoms with E-state index in [0.717, 1.165) is 16.8 Å². The Bertz CT molecular complexity index is 1010. The van der Waals surface area contributed by atoms with E-state index in [1.165, 1.54) is 0 Å². The minimum atomic E-state index is -0.628. The molecule has 0 radical (unpaired) electrons. The second-order valence-electron chi connectivity index (χ2n) is 8.44. The summed E-state index contributed by atoms with van der Waals surface area (Å²) in [6.45, 7) is 6.30. The first-order valence-electron chi connectivity index (χ1n) is 11.4. The van der Waals surface area contributed by atoms with E-state index in [9.17, 15) is 5.11 Å². The van der Waals surface area contributed by atoms with Crippen molar-refractivity contribution in [3.05, 3.63) is 65.2 Å². The van der Waals surface area contributed by atoms with Gasteiger partial charge in [0.05, 0.1) is 31.0 Å². The average molecular weight is 488 g/mol. The summed E-state index contributed by atoms with van der Waals surface area (Å²) in [6, 6.07) is 17.3.